The van der Waals surface area contributed by atoms with Gasteiger partial charge < -0.3 is 11.1 Å². The second-order valence-electron chi connectivity index (χ2n) is 9.02. The molecule has 0 saturated heterocycles. The molecular weight excluding hydrogens is 412 g/mol. The van der Waals surface area contributed by atoms with Crippen molar-refractivity contribution in [3.8, 4) is 11.3 Å². The van der Waals surface area contributed by atoms with Crippen molar-refractivity contribution in [2.45, 2.75) is 54.1 Å². The van der Waals surface area contributed by atoms with E-state index in [1.807, 2.05) is 24.5 Å². The number of fused-ring (bicyclic) bond motifs is 3. The van der Waals surface area contributed by atoms with E-state index >= 15 is 0 Å². The zero-order valence-electron chi connectivity index (χ0n) is 20.0. The Labute approximate surface area is 194 Å². The maximum Gasteiger partial charge on any atom is 0.330 e. The summed E-state index contributed by atoms with van der Waals surface area (Å²) in [6.45, 7) is 11.8. The molecule has 4 rings (SSSR count). The highest BCUT2D eigenvalue weighted by Gasteiger charge is 2.20. The van der Waals surface area contributed by atoms with Gasteiger partial charge in [0.15, 0.2) is 5.96 Å². The van der Waals surface area contributed by atoms with Gasteiger partial charge in [0.25, 0.3) is 0 Å². The van der Waals surface area contributed by atoms with Gasteiger partial charge in [-0.3, -0.25) is 14.5 Å². The van der Waals surface area contributed by atoms with Crippen LogP contribution in [0, 0.1) is 40.0 Å². The van der Waals surface area contributed by atoms with Crippen LogP contribution >= 0.6 is 0 Å². The lowest BCUT2D eigenvalue weighted by molar-refractivity contribution is 0.538. The van der Waals surface area contributed by atoms with Gasteiger partial charge in [0.05, 0.1) is 11.4 Å². The van der Waals surface area contributed by atoms with Crippen molar-refractivity contribution in [3.05, 3.63) is 79.7 Å². The van der Waals surface area contributed by atoms with Crippen molar-refractivity contribution in [2.24, 2.45) is 10.7 Å². The van der Waals surface area contributed by atoms with E-state index in [9.17, 15) is 4.79 Å². The van der Waals surface area contributed by atoms with E-state index in [0.717, 1.165) is 34.5 Å². The number of hydrogen-bond acceptors (Lipinski definition) is 3. The number of nitrogens with zero attached hydrogens (tertiary/aromatic N) is 3. The highest BCUT2D eigenvalue weighted by molar-refractivity contribution is 5.74. The maximum absolute atomic E-state index is 13.6. The Balaban J connectivity index is 1.98. The average Bonchev–Trinajstić information content (AvgIpc) is 2.73. The Hall–Kier alpha value is -3.61. The third-order valence-corrected chi connectivity index (χ3v) is 6.41. The molecule has 172 valence electrons. The Morgan fingerprint density at radius 3 is 2.36 bits per heavy atom. The van der Waals surface area contributed by atoms with E-state index in [1.54, 1.807) is 4.57 Å². The molecule has 4 N–H and O–H groups in total. The molecule has 0 fully saturated rings. The van der Waals surface area contributed by atoms with Crippen molar-refractivity contribution >= 4 is 11.6 Å². The molecule has 7 heteroatoms. The summed E-state index contributed by atoms with van der Waals surface area (Å²) in [7, 11) is 0. The van der Waals surface area contributed by atoms with Crippen LogP contribution in [0.4, 0.5) is 5.69 Å². The van der Waals surface area contributed by atoms with E-state index in [0.29, 0.717) is 25.1 Å². The largest absolute Gasteiger partial charge is 0.370 e. The summed E-state index contributed by atoms with van der Waals surface area (Å²) in [5.41, 5.74) is 15.9. The first-order chi connectivity index (χ1) is 15.7. The minimum atomic E-state index is -0.114. The Kier molecular flexibility index (Phi) is 5.97. The summed E-state index contributed by atoms with van der Waals surface area (Å²) in [5.74, 6) is -0.114. The van der Waals surface area contributed by atoms with Crippen LogP contribution in [0.15, 0.2) is 40.1 Å². The van der Waals surface area contributed by atoms with Crippen LogP contribution < -0.4 is 22.2 Å². The van der Waals surface area contributed by atoms with Crippen LogP contribution in [-0.4, -0.2) is 21.6 Å². The SMILES string of the molecule is Cc1cc(C)c(/N=c2\cc3n(c(=O)n2CCNC(=N)N)CCc2cc(C)c(C)cc2-3)c(C)c1. The normalized spacial score (nSPS) is 12.9. The highest BCUT2D eigenvalue weighted by Crippen LogP contribution is 2.30. The molecule has 3 aromatic rings. The van der Waals surface area contributed by atoms with E-state index in [-0.39, 0.29) is 11.6 Å². The molecule has 1 aliphatic rings. The van der Waals surface area contributed by atoms with Crippen LogP contribution in [0.2, 0.25) is 0 Å². The van der Waals surface area contributed by atoms with Gasteiger partial charge in [-0.15, -0.1) is 0 Å². The smallest absolute Gasteiger partial charge is 0.330 e. The quantitative estimate of drug-likeness (QED) is 0.426. The van der Waals surface area contributed by atoms with Crippen LogP contribution in [0.5, 0.6) is 0 Å². The van der Waals surface area contributed by atoms with Gasteiger partial charge >= 0.3 is 5.69 Å². The number of nitrogens with one attached hydrogen (secondary N) is 2. The third-order valence-electron chi connectivity index (χ3n) is 6.41. The lowest BCUT2D eigenvalue weighted by Crippen LogP contribution is -2.44. The molecule has 2 aromatic carbocycles. The summed E-state index contributed by atoms with van der Waals surface area (Å²) in [4.78, 5) is 18.6. The second-order valence-corrected chi connectivity index (χ2v) is 9.02. The lowest BCUT2D eigenvalue weighted by atomic mass is 9.93. The summed E-state index contributed by atoms with van der Waals surface area (Å²) >= 11 is 0. The van der Waals surface area contributed by atoms with Gasteiger partial charge in [-0.25, -0.2) is 9.79 Å². The second kappa shape index (κ2) is 8.73. The first-order valence-electron chi connectivity index (χ1n) is 11.3. The third kappa shape index (κ3) is 4.35. The first kappa shape index (κ1) is 22.6. The van der Waals surface area contributed by atoms with Gasteiger partial charge in [-0.2, -0.15) is 0 Å². The molecule has 0 atom stereocenters. The Bertz CT molecular complexity index is 1370. The number of guanidine groups is 1. The molecule has 0 spiro atoms. The molecule has 0 saturated carbocycles. The zero-order chi connectivity index (χ0) is 23.9. The lowest BCUT2D eigenvalue weighted by Gasteiger charge is -2.24. The van der Waals surface area contributed by atoms with Gasteiger partial charge in [-0.05, 0) is 74.9 Å². The molecule has 7 nitrogen and oxygen atoms in total. The predicted octanol–water partition coefficient (Wildman–Crippen LogP) is 3.13. The van der Waals surface area contributed by atoms with Crippen molar-refractivity contribution < 1.29 is 0 Å². The molecule has 0 amide bonds. The fourth-order valence-electron chi connectivity index (χ4n) is 4.69. The molecule has 0 radical (unpaired) electrons. The monoisotopic (exact) mass is 444 g/mol. The molecule has 1 aliphatic heterocycles. The van der Waals surface area contributed by atoms with Crippen LogP contribution in [0.25, 0.3) is 11.3 Å². The van der Waals surface area contributed by atoms with Crippen molar-refractivity contribution in [1.29, 1.82) is 5.41 Å². The Morgan fingerprint density at radius 2 is 1.70 bits per heavy atom. The summed E-state index contributed by atoms with van der Waals surface area (Å²) in [6.07, 6.45) is 0.821. The van der Waals surface area contributed by atoms with Crippen molar-refractivity contribution in [2.75, 3.05) is 6.54 Å². The predicted molar refractivity (Wildman–Crippen MR) is 133 cm³/mol. The van der Waals surface area contributed by atoms with Gasteiger partial charge in [-0.1, -0.05) is 23.8 Å². The highest BCUT2D eigenvalue weighted by atomic mass is 16.1. The van der Waals surface area contributed by atoms with Crippen molar-refractivity contribution in [3.63, 3.8) is 0 Å². The van der Waals surface area contributed by atoms with Gasteiger partial charge in [0.2, 0.25) is 0 Å². The number of aromatic nitrogens is 2. The zero-order valence-corrected chi connectivity index (χ0v) is 20.0. The van der Waals surface area contributed by atoms with Crippen LogP contribution in [0.3, 0.4) is 0 Å². The van der Waals surface area contributed by atoms with E-state index in [1.165, 1.54) is 22.3 Å². The van der Waals surface area contributed by atoms with Gasteiger partial charge in [0.1, 0.15) is 5.49 Å². The minimum Gasteiger partial charge on any atom is -0.370 e. The molecule has 0 unspecified atom stereocenters. The molecule has 0 aliphatic carbocycles. The minimum absolute atomic E-state index is 0.0945. The molecule has 33 heavy (non-hydrogen) atoms. The standard InChI is InChI=1S/C26H32N6O/c1-15-10-18(4)24(19(5)11-15)30-23-14-22-21-13-17(3)16(2)12-20(21)6-8-31(22)26(33)32(23)9-7-29-25(27)28/h10-14H,6-9H2,1-5H3,(H4,27,28,29)/b30-23+. The fraction of sp³-hybridized carbons (Fsp3) is 0.346. The number of benzene rings is 2. The number of aryl methyl sites for hydroxylation is 6. The van der Waals surface area contributed by atoms with Gasteiger partial charge in [0, 0.05) is 31.3 Å². The summed E-state index contributed by atoms with van der Waals surface area (Å²) in [6, 6.07) is 10.7. The maximum atomic E-state index is 13.6. The summed E-state index contributed by atoms with van der Waals surface area (Å²) in [5, 5.41) is 10.2. The van der Waals surface area contributed by atoms with E-state index in [2.05, 4.69) is 50.4 Å². The van der Waals surface area contributed by atoms with Crippen LogP contribution in [0.1, 0.15) is 33.4 Å². The fourth-order valence-corrected chi connectivity index (χ4v) is 4.69. The topological polar surface area (TPSA) is 101 Å². The van der Waals surface area contributed by atoms with E-state index < -0.39 is 0 Å². The summed E-state index contributed by atoms with van der Waals surface area (Å²) < 4.78 is 3.53. The molecule has 0 bridgehead atoms. The van der Waals surface area contributed by atoms with Crippen LogP contribution in [-0.2, 0) is 19.5 Å². The first-order valence-corrected chi connectivity index (χ1v) is 11.3. The number of nitrogens with two attached hydrogens (primary N) is 1. The number of hydrogen-bond donors (Lipinski definition) is 3. The molecule has 1 aromatic heterocycles. The molecule has 2 heterocycles. The number of rotatable bonds is 4. The average molecular weight is 445 g/mol. The van der Waals surface area contributed by atoms with Crippen molar-refractivity contribution in [1.82, 2.24) is 14.5 Å². The van der Waals surface area contributed by atoms with E-state index in [4.69, 9.17) is 16.1 Å². The Morgan fingerprint density at radius 1 is 1.03 bits per heavy atom. The molecular formula is C26H32N6O.